The Morgan fingerprint density at radius 3 is 2.79 bits per heavy atom. The lowest BCUT2D eigenvalue weighted by Crippen LogP contribution is -2.40. The molecule has 0 bridgehead atoms. The number of carbonyl (C=O) groups excluding carboxylic acids is 2. The number of hydrogen-bond acceptors (Lipinski definition) is 3. The van der Waals surface area contributed by atoms with Crippen LogP contribution in [0, 0.1) is 11.7 Å². The van der Waals surface area contributed by atoms with Crippen molar-refractivity contribution < 1.29 is 18.7 Å². The van der Waals surface area contributed by atoms with Crippen LogP contribution in [0.3, 0.4) is 0 Å². The molecule has 1 aliphatic rings. The van der Waals surface area contributed by atoms with Gasteiger partial charge in [-0.05, 0) is 24.6 Å². The SMILES string of the molecule is CCNC(=O)N1C[C@H](C(=O)NCCOC)[C@@H](c2cccc(F)c2)C1. The lowest BCUT2D eigenvalue weighted by atomic mass is 9.88. The van der Waals surface area contributed by atoms with Gasteiger partial charge in [0, 0.05) is 39.2 Å². The van der Waals surface area contributed by atoms with Gasteiger partial charge in [-0.25, -0.2) is 9.18 Å². The molecular formula is C17H24FN3O3. The maximum absolute atomic E-state index is 13.6. The number of benzene rings is 1. The third-order valence-corrected chi connectivity index (χ3v) is 4.15. The third kappa shape index (κ3) is 4.44. The van der Waals surface area contributed by atoms with E-state index in [0.717, 1.165) is 5.56 Å². The van der Waals surface area contributed by atoms with Gasteiger partial charge in [0.2, 0.25) is 5.91 Å². The van der Waals surface area contributed by atoms with Crippen LogP contribution < -0.4 is 10.6 Å². The second-order valence-electron chi connectivity index (χ2n) is 5.79. The molecule has 0 saturated carbocycles. The Kier molecular flexibility index (Phi) is 6.54. The van der Waals surface area contributed by atoms with E-state index in [1.165, 1.54) is 12.1 Å². The highest BCUT2D eigenvalue weighted by Crippen LogP contribution is 2.33. The predicted molar refractivity (Wildman–Crippen MR) is 88.2 cm³/mol. The van der Waals surface area contributed by atoms with Crippen molar-refractivity contribution in [1.82, 2.24) is 15.5 Å². The number of amides is 3. The Bertz CT molecular complexity index is 582. The van der Waals surface area contributed by atoms with Gasteiger partial charge in [0.25, 0.3) is 0 Å². The molecule has 1 heterocycles. The van der Waals surface area contributed by atoms with Crippen molar-refractivity contribution in [1.29, 1.82) is 0 Å². The molecule has 1 fully saturated rings. The second-order valence-corrected chi connectivity index (χ2v) is 5.79. The Balaban J connectivity index is 2.16. The normalized spacial score (nSPS) is 20.0. The number of urea groups is 1. The molecule has 1 aromatic carbocycles. The molecule has 2 atom stereocenters. The molecule has 2 rings (SSSR count). The maximum Gasteiger partial charge on any atom is 0.317 e. The fraction of sp³-hybridized carbons (Fsp3) is 0.529. The van der Waals surface area contributed by atoms with Crippen LogP contribution >= 0.6 is 0 Å². The minimum absolute atomic E-state index is 0.145. The zero-order valence-electron chi connectivity index (χ0n) is 14.0. The van der Waals surface area contributed by atoms with Crippen molar-refractivity contribution in [2.24, 2.45) is 5.92 Å². The molecule has 0 aromatic heterocycles. The van der Waals surface area contributed by atoms with Gasteiger partial charge in [-0.3, -0.25) is 4.79 Å². The quantitative estimate of drug-likeness (QED) is 0.770. The van der Waals surface area contributed by atoms with Gasteiger partial charge in [-0.2, -0.15) is 0 Å². The Labute approximate surface area is 141 Å². The number of halogens is 1. The van der Waals surface area contributed by atoms with E-state index in [-0.39, 0.29) is 23.7 Å². The molecule has 1 aliphatic heterocycles. The van der Waals surface area contributed by atoms with E-state index in [4.69, 9.17) is 4.74 Å². The average molecular weight is 337 g/mol. The van der Waals surface area contributed by atoms with Gasteiger partial charge < -0.3 is 20.3 Å². The summed E-state index contributed by atoms with van der Waals surface area (Å²) in [6, 6.07) is 6.02. The lowest BCUT2D eigenvalue weighted by molar-refractivity contribution is -0.125. The highest BCUT2D eigenvalue weighted by Gasteiger charge is 2.40. The number of nitrogens with zero attached hydrogens (tertiary/aromatic N) is 1. The first-order valence-electron chi connectivity index (χ1n) is 8.11. The van der Waals surface area contributed by atoms with E-state index >= 15 is 0 Å². The van der Waals surface area contributed by atoms with Crippen molar-refractivity contribution in [2.45, 2.75) is 12.8 Å². The fourth-order valence-corrected chi connectivity index (χ4v) is 2.98. The average Bonchev–Trinajstić information content (AvgIpc) is 3.01. The van der Waals surface area contributed by atoms with Gasteiger partial charge in [0.15, 0.2) is 0 Å². The summed E-state index contributed by atoms with van der Waals surface area (Å²) >= 11 is 0. The molecule has 7 heteroatoms. The second kappa shape index (κ2) is 8.63. The molecule has 0 radical (unpaired) electrons. The lowest BCUT2D eigenvalue weighted by Gasteiger charge is -2.18. The first-order chi connectivity index (χ1) is 11.6. The maximum atomic E-state index is 13.6. The van der Waals surface area contributed by atoms with Gasteiger partial charge >= 0.3 is 6.03 Å². The predicted octanol–water partition coefficient (Wildman–Crippen LogP) is 1.33. The Morgan fingerprint density at radius 2 is 2.12 bits per heavy atom. The highest BCUT2D eigenvalue weighted by atomic mass is 19.1. The summed E-state index contributed by atoms with van der Waals surface area (Å²) < 4.78 is 18.5. The number of carbonyl (C=O) groups is 2. The number of methoxy groups -OCH3 is 1. The minimum atomic E-state index is -0.411. The zero-order chi connectivity index (χ0) is 17.5. The van der Waals surface area contributed by atoms with E-state index in [2.05, 4.69) is 10.6 Å². The van der Waals surface area contributed by atoms with E-state index in [1.54, 1.807) is 24.1 Å². The summed E-state index contributed by atoms with van der Waals surface area (Å²) in [7, 11) is 1.56. The van der Waals surface area contributed by atoms with Crippen LogP contribution in [-0.2, 0) is 9.53 Å². The first kappa shape index (κ1) is 18.2. The van der Waals surface area contributed by atoms with Crippen LogP contribution in [0.15, 0.2) is 24.3 Å². The number of likely N-dealkylation sites (tertiary alicyclic amines) is 1. The molecule has 1 aromatic rings. The summed E-state index contributed by atoms with van der Waals surface area (Å²) in [5.41, 5.74) is 0.730. The molecule has 0 unspecified atom stereocenters. The smallest absolute Gasteiger partial charge is 0.317 e. The largest absolute Gasteiger partial charge is 0.383 e. The van der Waals surface area contributed by atoms with Crippen LogP contribution in [0.4, 0.5) is 9.18 Å². The summed E-state index contributed by atoms with van der Waals surface area (Å²) in [6.07, 6.45) is 0. The van der Waals surface area contributed by atoms with Gasteiger partial charge in [0.1, 0.15) is 5.82 Å². The molecule has 2 N–H and O–H groups in total. The minimum Gasteiger partial charge on any atom is -0.383 e. The fourth-order valence-electron chi connectivity index (χ4n) is 2.98. The van der Waals surface area contributed by atoms with Gasteiger partial charge in [0.05, 0.1) is 12.5 Å². The Hall–Kier alpha value is -2.15. The Morgan fingerprint density at radius 1 is 1.33 bits per heavy atom. The molecule has 0 aliphatic carbocycles. The third-order valence-electron chi connectivity index (χ3n) is 4.15. The first-order valence-corrected chi connectivity index (χ1v) is 8.11. The summed E-state index contributed by atoms with van der Waals surface area (Å²) in [5, 5.41) is 5.56. The molecule has 132 valence electrons. The topological polar surface area (TPSA) is 70.7 Å². The summed E-state index contributed by atoms with van der Waals surface area (Å²) in [5.74, 6) is -1.13. The van der Waals surface area contributed by atoms with Crippen LogP contribution in [0.1, 0.15) is 18.4 Å². The van der Waals surface area contributed by atoms with Crippen molar-refractivity contribution >= 4 is 11.9 Å². The zero-order valence-corrected chi connectivity index (χ0v) is 14.0. The van der Waals surface area contributed by atoms with Crippen LogP contribution in [0.5, 0.6) is 0 Å². The molecular weight excluding hydrogens is 313 g/mol. The van der Waals surface area contributed by atoms with E-state index in [0.29, 0.717) is 32.8 Å². The van der Waals surface area contributed by atoms with Crippen LogP contribution in [0.25, 0.3) is 0 Å². The van der Waals surface area contributed by atoms with Gasteiger partial charge in [-0.1, -0.05) is 12.1 Å². The van der Waals surface area contributed by atoms with Crippen molar-refractivity contribution in [3.63, 3.8) is 0 Å². The molecule has 24 heavy (non-hydrogen) atoms. The number of nitrogens with one attached hydrogen (secondary N) is 2. The van der Waals surface area contributed by atoms with Crippen LogP contribution in [0.2, 0.25) is 0 Å². The van der Waals surface area contributed by atoms with E-state index in [1.807, 2.05) is 6.92 Å². The van der Waals surface area contributed by atoms with Gasteiger partial charge in [-0.15, -0.1) is 0 Å². The molecule has 6 nitrogen and oxygen atoms in total. The summed E-state index contributed by atoms with van der Waals surface area (Å²) in [6.45, 7) is 3.88. The van der Waals surface area contributed by atoms with E-state index < -0.39 is 5.92 Å². The van der Waals surface area contributed by atoms with Crippen molar-refractivity contribution in [3.8, 4) is 0 Å². The summed E-state index contributed by atoms with van der Waals surface area (Å²) in [4.78, 5) is 26.2. The van der Waals surface area contributed by atoms with Crippen molar-refractivity contribution in [3.05, 3.63) is 35.6 Å². The molecule has 0 spiro atoms. The number of hydrogen-bond donors (Lipinski definition) is 2. The number of ether oxygens (including phenoxy) is 1. The molecule has 3 amide bonds. The molecule has 1 saturated heterocycles. The van der Waals surface area contributed by atoms with Crippen molar-refractivity contribution in [2.75, 3.05) is 39.9 Å². The number of rotatable bonds is 6. The monoisotopic (exact) mass is 337 g/mol. The van der Waals surface area contributed by atoms with Crippen LogP contribution in [-0.4, -0.2) is 56.7 Å². The van der Waals surface area contributed by atoms with E-state index in [9.17, 15) is 14.0 Å². The standard InChI is InChI=1S/C17H24FN3O3/c1-3-19-17(23)21-10-14(12-5-4-6-13(18)9-12)15(11-21)16(22)20-7-8-24-2/h4-6,9,14-15H,3,7-8,10-11H2,1-2H3,(H,19,23)(H,20,22)/t14-,15+/m1/s1. The highest BCUT2D eigenvalue weighted by molar-refractivity contribution is 5.82.